The molecule has 8 nitrogen and oxygen atoms in total. The van der Waals surface area contributed by atoms with E-state index < -0.39 is 18.1 Å². The van der Waals surface area contributed by atoms with E-state index in [1.54, 1.807) is 0 Å². The van der Waals surface area contributed by atoms with Gasteiger partial charge in [-0.15, -0.1) is 0 Å². The number of aliphatic carboxylic acids is 1. The van der Waals surface area contributed by atoms with Crippen LogP contribution in [0.1, 0.15) is 168 Å². The number of quaternary nitrogens is 1. The van der Waals surface area contributed by atoms with Gasteiger partial charge in [0, 0.05) is 19.3 Å². The van der Waals surface area contributed by atoms with E-state index in [2.05, 4.69) is 86.8 Å². The highest BCUT2D eigenvalue weighted by atomic mass is 16.6. The van der Waals surface area contributed by atoms with E-state index in [0.717, 1.165) is 70.6 Å². The lowest BCUT2D eigenvalue weighted by Crippen LogP contribution is -2.50. The van der Waals surface area contributed by atoms with Gasteiger partial charge in [-0.25, -0.2) is 4.79 Å². The van der Waals surface area contributed by atoms with Crippen molar-refractivity contribution >= 4 is 17.9 Å². The Kier molecular flexibility index (Phi) is 37.3. The summed E-state index contributed by atoms with van der Waals surface area (Å²) in [5.41, 5.74) is 0. The first kappa shape index (κ1) is 53.8. The molecule has 0 bridgehead atoms. The van der Waals surface area contributed by atoms with Crippen molar-refractivity contribution in [2.24, 2.45) is 0 Å². The zero-order valence-electron chi connectivity index (χ0n) is 37.0. The Morgan fingerprint density at radius 3 is 1.42 bits per heavy atom. The summed E-state index contributed by atoms with van der Waals surface area (Å²) in [6, 6.07) is -0.625. The minimum atomic E-state index is -0.885. The summed E-state index contributed by atoms with van der Waals surface area (Å²) < 4.78 is 17.2. The van der Waals surface area contributed by atoms with E-state index in [4.69, 9.17) is 14.2 Å². The quantitative estimate of drug-likeness (QED) is 0.0286. The van der Waals surface area contributed by atoms with Crippen LogP contribution in [0.5, 0.6) is 0 Å². The number of likely N-dealkylation sites (N-methyl/N-ethyl adjacent to an activating group) is 1. The molecular formula is C49H84NO7+. The molecule has 0 aromatic heterocycles. The Balaban J connectivity index is 4.41. The highest BCUT2D eigenvalue weighted by Crippen LogP contribution is 2.12. The summed E-state index contributed by atoms with van der Waals surface area (Å²) in [5.74, 6) is -1.54. The van der Waals surface area contributed by atoms with Gasteiger partial charge in [0.2, 0.25) is 0 Å². The standard InChI is InChI=1S/C49H83NO7/c1-6-8-10-12-14-16-18-20-21-22-23-24-25-26-27-28-30-31-33-35-37-39-47(51)56-44-45(43-55-42-41-46(49(53)54)50(3,4)5)57-48(52)40-38-36-34-32-29-19-17-15-13-11-9-7-2/h14-17,20-21,23-24,26-27,30-31,45-46H,6-13,18-19,22,25,28-29,32-44H2,1-5H3/p+1/b16-14+,17-15+,21-20+,24-23+,27-26+,31-30+. The number of unbranched alkanes of at least 4 members (excludes halogenated alkanes) is 13. The highest BCUT2D eigenvalue weighted by Gasteiger charge is 2.31. The number of ether oxygens (including phenoxy) is 3. The molecule has 326 valence electrons. The Morgan fingerprint density at radius 1 is 0.526 bits per heavy atom. The van der Waals surface area contributed by atoms with Crippen molar-refractivity contribution in [3.8, 4) is 0 Å². The second-order valence-electron chi connectivity index (χ2n) is 15.9. The van der Waals surface area contributed by atoms with Crippen molar-refractivity contribution in [1.29, 1.82) is 0 Å². The van der Waals surface area contributed by atoms with E-state index in [-0.39, 0.29) is 36.2 Å². The number of carboxylic acids is 1. The van der Waals surface area contributed by atoms with Crippen molar-refractivity contribution in [3.05, 3.63) is 72.9 Å². The van der Waals surface area contributed by atoms with Crippen molar-refractivity contribution < 1.29 is 38.2 Å². The SMILES string of the molecule is CCCCC/C=C/C/C=C/C/C=C/C/C=C/C/C=C/CCCCC(=O)OCC(COCCC(C(=O)O)[N+](C)(C)C)OC(=O)CCCCCCC/C=C/CCCCC. The summed E-state index contributed by atoms with van der Waals surface area (Å²) in [5, 5.41) is 9.61. The van der Waals surface area contributed by atoms with Gasteiger partial charge in [-0.05, 0) is 89.9 Å². The fourth-order valence-corrected chi connectivity index (χ4v) is 6.04. The summed E-state index contributed by atoms with van der Waals surface area (Å²) in [6.45, 7) is 4.61. The molecule has 2 unspecified atom stereocenters. The molecule has 0 rings (SSSR count). The Bertz CT molecular complexity index is 1160. The molecule has 0 saturated heterocycles. The molecule has 2 atom stereocenters. The molecule has 1 N–H and O–H groups in total. The third kappa shape index (κ3) is 38.1. The van der Waals surface area contributed by atoms with E-state index in [0.29, 0.717) is 25.7 Å². The zero-order chi connectivity index (χ0) is 42.1. The van der Waals surface area contributed by atoms with Gasteiger partial charge in [0.1, 0.15) is 6.61 Å². The fourth-order valence-electron chi connectivity index (χ4n) is 6.04. The molecule has 0 aromatic carbocycles. The van der Waals surface area contributed by atoms with Crippen LogP contribution in [-0.4, -0.2) is 80.6 Å². The number of carbonyl (C=O) groups excluding carboxylic acids is 2. The van der Waals surface area contributed by atoms with Crippen molar-refractivity contribution in [2.75, 3.05) is 41.0 Å². The largest absolute Gasteiger partial charge is 0.477 e. The van der Waals surface area contributed by atoms with Crippen LogP contribution in [0, 0.1) is 0 Å². The monoisotopic (exact) mass is 799 g/mol. The average Bonchev–Trinajstić information content (AvgIpc) is 3.17. The molecule has 8 heteroatoms. The third-order valence-electron chi connectivity index (χ3n) is 9.58. The number of esters is 2. The number of nitrogens with zero attached hydrogens (tertiary/aromatic N) is 1. The van der Waals surface area contributed by atoms with Crippen LogP contribution >= 0.6 is 0 Å². The summed E-state index contributed by atoms with van der Waals surface area (Å²) in [4.78, 5) is 36.9. The summed E-state index contributed by atoms with van der Waals surface area (Å²) in [6.07, 6.45) is 49.5. The lowest BCUT2D eigenvalue weighted by molar-refractivity contribution is -0.887. The van der Waals surface area contributed by atoms with E-state index in [1.807, 2.05) is 21.1 Å². The van der Waals surface area contributed by atoms with Crippen LogP contribution in [0.2, 0.25) is 0 Å². The van der Waals surface area contributed by atoms with E-state index in [1.165, 1.54) is 57.8 Å². The minimum absolute atomic E-state index is 0.0404. The van der Waals surface area contributed by atoms with Crippen LogP contribution < -0.4 is 0 Å². The second kappa shape index (κ2) is 39.6. The molecule has 0 aliphatic heterocycles. The Labute approximate surface area is 349 Å². The van der Waals surface area contributed by atoms with Gasteiger partial charge in [-0.2, -0.15) is 0 Å². The minimum Gasteiger partial charge on any atom is -0.477 e. The van der Waals surface area contributed by atoms with Gasteiger partial charge in [-0.3, -0.25) is 9.59 Å². The lowest BCUT2D eigenvalue weighted by Gasteiger charge is -2.31. The first-order valence-electron chi connectivity index (χ1n) is 22.5. The molecule has 0 spiro atoms. The van der Waals surface area contributed by atoms with E-state index >= 15 is 0 Å². The van der Waals surface area contributed by atoms with Crippen molar-refractivity contribution in [3.63, 3.8) is 0 Å². The van der Waals surface area contributed by atoms with Crippen LogP contribution in [0.3, 0.4) is 0 Å². The predicted molar refractivity (Wildman–Crippen MR) is 238 cm³/mol. The first-order valence-corrected chi connectivity index (χ1v) is 22.5. The summed E-state index contributed by atoms with van der Waals surface area (Å²) in [7, 11) is 5.50. The average molecular weight is 799 g/mol. The van der Waals surface area contributed by atoms with Crippen LogP contribution in [-0.2, 0) is 28.6 Å². The van der Waals surface area contributed by atoms with Gasteiger partial charge in [0.15, 0.2) is 12.1 Å². The van der Waals surface area contributed by atoms with Crippen molar-refractivity contribution in [1.82, 2.24) is 0 Å². The maximum absolute atomic E-state index is 12.7. The molecule has 0 heterocycles. The molecule has 0 aliphatic rings. The highest BCUT2D eigenvalue weighted by molar-refractivity contribution is 5.72. The second-order valence-corrected chi connectivity index (χ2v) is 15.9. The number of allylic oxidation sites excluding steroid dienone is 12. The van der Waals surface area contributed by atoms with Crippen LogP contribution in [0.4, 0.5) is 0 Å². The van der Waals surface area contributed by atoms with Gasteiger partial charge in [0.05, 0.1) is 34.4 Å². The third-order valence-corrected chi connectivity index (χ3v) is 9.58. The molecular weight excluding hydrogens is 715 g/mol. The zero-order valence-corrected chi connectivity index (χ0v) is 37.0. The number of rotatable bonds is 39. The van der Waals surface area contributed by atoms with Gasteiger partial charge in [-0.1, -0.05) is 132 Å². The van der Waals surface area contributed by atoms with E-state index in [9.17, 15) is 19.5 Å². The number of carboxylic acid groups (broad SMARTS) is 1. The molecule has 0 radical (unpaired) electrons. The molecule has 0 aliphatic carbocycles. The number of hydrogen-bond acceptors (Lipinski definition) is 6. The van der Waals surface area contributed by atoms with Crippen molar-refractivity contribution in [2.45, 2.75) is 180 Å². The number of carbonyl (C=O) groups is 3. The number of hydrogen-bond donors (Lipinski definition) is 1. The van der Waals surface area contributed by atoms with Gasteiger partial charge >= 0.3 is 17.9 Å². The van der Waals surface area contributed by atoms with Crippen LogP contribution in [0.15, 0.2) is 72.9 Å². The Morgan fingerprint density at radius 2 is 0.930 bits per heavy atom. The summed E-state index contributed by atoms with van der Waals surface area (Å²) >= 11 is 0. The predicted octanol–water partition coefficient (Wildman–Crippen LogP) is 12.4. The molecule has 0 fully saturated rings. The molecule has 0 saturated carbocycles. The first-order chi connectivity index (χ1) is 27.6. The van der Waals surface area contributed by atoms with Gasteiger partial charge in [0.25, 0.3) is 0 Å². The smallest absolute Gasteiger partial charge is 0.362 e. The molecule has 0 aromatic rings. The van der Waals surface area contributed by atoms with Gasteiger partial charge < -0.3 is 23.8 Å². The Hall–Kier alpha value is -3.23. The molecule has 57 heavy (non-hydrogen) atoms. The lowest BCUT2D eigenvalue weighted by atomic mass is 10.1. The molecule has 0 amide bonds. The maximum atomic E-state index is 12.7. The maximum Gasteiger partial charge on any atom is 0.362 e. The van der Waals surface area contributed by atoms with Crippen LogP contribution in [0.25, 0.3) is 0 Å². The fraction of sp³-hybridized carbons (Fsp3) is 0.694. The topological polar surface area (TPSA) is 99.1 Å². The normalized spacial score (nSPS) is 13.6.